The van der Waals surface area contributed by atoms with Crippen LogP contribution >= 0.6 is 45.2 Å². The minimum Gasteiger partial charge on any atom is -0.345 e. The Hall–Kier alpha value is -0.180. The molecule has 2 heterocycles. The van der Waals surface area contributed by atoms with E-state index in [-0.39, 0.29) is 5.43 Å². The molecule has 0 spiro atoms. The van der Waals surface area contributed by atoms with Crippen LogP contribution in [0.2, 0.25) is 0 Å². The van der Waals surface area contributed by atoms with Crippen molar-refractivity contribution < 1.29 is 0 Å². The van der Waals surface area contributed by atoms with Crippen LogP contribution in [0.1, 0.15) is 5.69 Å². The van der Waals surface area contributed by atoms with E-state index >= 15 is 0 Å². The summed E-state index contributed by atoms with van der Waals surface area (Å²) in [5, 5.41) is 0.659. The number of nitrogens with zero attached hydrogens (tertiary/aromatic N) is 1. The molecule has 0 aromatic carbocycles. The molecule has 0 bridgehead atoms. The topological polar surface area (TPSA) is 45.8 Å². The van der Waals surface area contributed by atoms with Crippen molar-refractivity contribution in [1.29, 1.82) is 0 Å². The number of pyridine rings is 2. The van der Waals surface area contributed by atoms with Gasteiger partial charge < -0.3 is 4.98 Å². The summed E-state index contributed by atoms with van der Waals surface area (Å²) in [6.07, 6.45) is 1.69. The second kappa shape index (κ2) is 3.76. The third-order valence-electron chi connectivity index (χ3n) is 1.95. The lowest BCUT2D eigenvalue weighted by Crippen LogP contribution is -2.08. The standard InChI is InChI=1S/C9H6I2N2O/c1-4-6(10)2-5-8(14)7(11)3-12-9(5)13-4/h2-3H,1H3,(H,12,13,14). The predicted molar refractivity (Wildman–Crippen MR) is 72.5 cm³/mol. The maximum Gasteiger partial charge on any atom is 0.204 e. The molecule has 0 unspecified atom stereocenters. The first kappa shape index (κ1) is 10.3. The number of rotatable bonds is 0. The minimum atomic E-state index is 0.0461. The number of halogens is 2. The zero-order chi connectivity index (χ0) is 10.3. The first-order valence-electron chi connectivity index (χ1n) is 3.93. The van der Waals surface area contributed by atoms with E-state index in [1.165, 1.54) is 0 Å². The fraction of sp³-hybridized carbons (Fsp3) is 0.111. The molecule has 1 N–H and O–H groups in total. The van der Waals surface area contributed by atoms with Crippen LogP contribution in [-0.2, 0) is 0 Å². The largest absolute Gasteiger partial charge is 0.345 e. The molecule has 0 radical (unpaired) electrons. The third-order valence-corrected chi connectivity index (χ3v) is 3.84. The van der Waals surface area contributed by atoms with Gasteiger partial charge in [0.15, 0.2) is 0 Å². The van der Waals surface area contributed by atoms with E-state index < -0.39 is 0 Å². The predicted octanol–water partition coefficient (Wildman–Crippen LogP) is 2.44. The fourth-order valence-corrected chi connectivity index (χ4v) is 2.07. The van der Waals surface area contributed by atoms with E-state index in [0.717, 1.165) is 9.26 Å². The maximum atomic E-state index is 11.7. The maximum absolute atomic E-state index is 11.7. The van der Waals surface area contributed by atoms with Gasteiger partial charge in [0.05, 0.1) is 14.7 Å². The Morgan fingerprint density at radius 1 is 1.36 bits per heavy atom. The molecular formula is C9H6I2N2O. The summed E-state index contributed by atoms with van der Waals surface area (Å²) in [5.74, 6) is 0. The van der Waals surface area contributed by atoms with Crippen LogP contribution in [0.25, 0.3) is 11.0 Å². The number of aromatic amines is 1. The van der Waals surface area contributed by atoms with Crippen molar-refractivity contribution >= 4 is 56.2 Å². The fourth-order valence-electron chi connectivity index (χ4n) is 1.19. The number of fused-ring (bicyclic) bond motifs is 1. The number of H-pyrrole nitrogens is 1. The molecule has 2 aromatic heterocycles. The van der Waals surface area contributed by atoms with Gasteiger partial charge in [-0.25, -0.2) is 4.98 Å². The quantitative estimate of drug-likeness (QED) is 0.677. The van der Waals surface area contributed by atoms with Gasteiger partial charge in [-0.1, -0.05) is 0 Å². The highest BCUT2D eigenvalue weighted by Gasteiger charge is 2.06. The first-order chi connectivity index (χ1) is 6.59. The van der Waals surface area contributed by atoms with Crippen LogP contribution in [0.15, 0.2) is 17.1 Å². The number of hydrogen-bond acceptors (Lipinski definition) is 2. The average Bonchev–Trinajstić information content (AvgIpc) is 2.15. The van der Waals surface area contributed by atoms with Crippen LogP contribution in [-0.4, -0.2) is 9.97 Å². The Balaban J connectivity index is 2.97. The lowest BCUT2D eigenvalue weighted by molar-refractivity contribution is 1.17. The number of aromatic nitrogens is 2. The zero-order valence-corrected chi connectivity index (χ0v) is 11.6. The molecule has 2 rings (SSSR count). The van der Waals surface area contributed by atoms with E-state index in [1.807, 2.05) is 35.6 Å². The van der Waals surface area contributed by atoms with Crippen molar-refractivity contribution in [1.82, 2.24) is 9.97 Å². The Bertz CT molecular complexity index is 562. The first-order valence-corrected chi connectivity index (χ1v) is 6.09. The SMILES string of the molecule is Cc1nc2[nH]cc(I)c(=O)c2cc1I. The molecule has 0 saturated heterocycles. The lowest BCUT2D eigenvalue weighted by Gasteiger charge is -2.01. The van der Waals surface area contributed by atoms with E-state index in [2.05, 4.69) is 32.6 Å². The van der Waals surface area contributed by atoms with Crippen molar-refractivity contribution in [3.63, 3.8) is 0 Å². The molecule has 14 heavy (non-hydrogen) atoms. The summed E-state index contributed by atoms with van der Waals surface area (Å²) >= 11 is 4.20. The molecule has 0 aliphatic rings. The van der Waals surface area contributed by atoms with Crippen LogP contribution in [0, 0.1) is 14.1 Å². The molecule has 0 aliphatic heterocycles. The second-order valence-corrected chi connectivity index (χ2v) is 5.24. The molecule has 0 fully saturated rings. The summed E-state index contributed by atoms with van der Waals surface area (Å²) in [6, 6.07) is 1.87. The summed E-state index contributed by atoms with van der Waals surface area (Å²) in [5.41, 5.74) is 1.65. The van der Waals surface area contributed by atoms with Gasteiger partial charge in [0.2, 0.25) is 5.43 Å². The number of aryl methyl sites for hydroxylation is 1. The molecule has 2 aromatic rings. The summed E-state index contributed by atoms with van der Waals surface area (Å²) in [6.45, 7) is 1.93. The van der Waals surface area contributed by atoms with Gasteiger partial charge in [0.1, 0.15) is 5.65 Å². The zero-order valence-electron chi connectivity index (χ0n) is 7.27. The minimum absolute atomic E-state index is 0.0461. The Morgan fingerprint density at radius 3 is 2.79 bits per heavy atom. The van der Waals surface area contributed by atoms with Crippen molar-refractivity contribution in [2.45, 2.75) is 6.92 Å². The molecule has 72 valence electrons. The smallest absolute Gasteiger partial charge is 0.204 e. The summed E-state index contributed by atoms with van der Waals surface area (Å²) < 4.78 is 1.71. The third kappa shape index (κ3) is 1.67. The van der Waals surface area contributed by atoms with Gasteiger partial charge >= 0.3 is 0 Å². The summed E-state index contributed by atoms with van der Waals surface area (Å²) in [7, 11) is 0. The van der Waals surface area contributed by atoms with Crippen molar-refractivity contribution in [2.75, 3.05) is 0 Å². The van der Waals surface area contributed by atoms with E-state index in [1.54, 1.807) is 6.20 Å². The van der Waals surface area contributed by atoms with Gasteiger partial charge in [0.25, 0.3) is 0 Å². The normalized spacial score (nSPS) is 10.8. The van der Waals surface area contributed by atoms with Gasteiger partial charge in [-0.3, -0.25) is 4.79 Å². The van der Waals surface area contributed by atoms with Crippen LogP contribution in [0.5, 0.6) is 0 Å². The highest BCUT2D eigenvalue weighted by atomic mass is 127. The highest BCUT2D eigenvalue weighted by molar-refractivity contribution is 14.1. The molecule has 0 atom stereocenters. The van der Waals surface area contributed by atoms with Crippen LogP contribution < -0.4 is 5.43 Å². The Kier molecular flexibility index (Phi) is 2.78. The van der Waals surface area contributed by atoms with Gasteiger partial charge in [-0.05, 0) is 58.2 Å². The van der Waals surface area contributed by atoms with Gasteiger partial charge in [-0.15, -0.1) is 0 Å². The van der Waals surface area contributed by atoms with E-state index in [9.17, 15) is 4.79 Å². The lowest BCUT2D eigenvalue weighted by atomic mass is 10.2. The van der Waals surface area contributed by atoms with Crippen molar-refractivity contribution in [2.24, 2.45) is 0 Å². The monoisotopic (exact) mass is 412 g/mol. The Labute approximate surface area is 108 Å². The summed E-state index contributed by atoms with van der Waals surface area (Å²) in [4.78, 5) is 19.0. The average molecular weight is 412 g/mol. The van der Waals surface area contributed by atoms with Crippen LogP contribution in [0.4, 0.5) is 0 Å². The van der Waals surface area contributed by atoms with Gasteiger partial charge in [0, 0.05) is 9.77 Å². The highest BCUT2D eigenvalue weighted by Crippen LogP contribution is 2.14. The molecule has 0 aliphatic carbocycles. The number of hydrogen-bond donors (Lipinski definition) is 1. The molecule has 5 heteroatoms. The molecule has 0 amide bonds. The van der Waals surface area contributed by atoms with E-state index in [4.69, 9.17) is 0 Å². The number of nitrogens with one attached hydrogen (secondary N) is 1. The Morgan fingerprint density at radius 2 is 2.07 bits per heavy atom. The van der Waals surface area contributed by atoms with E-state index in [0.29, 0.717) is 14.6 Å². The molecule has 3 nitrogen and oxygen atoms in total. The van der Waals surface area contributed by atoms with Crippen molar-refractivity contribution in [3.8, 4) is 0 Å². The second-order valence-electron chi connectivity index (χ2n) is 2.92. The molecule has 0 saturated carbocycles. The van der Waals surface area contributed by atoms with Gasteiger partial charge in [-0.2, -0.15) is 0 Å². The van der Waals surface area contributed by atoms with Crippen LogP contribution in [0.3, 0.4) is 0 Å². The molecular weight excluding hydrogens is 406 g/mol. The van der Waals surface area contributed by atoms with Crippen molar-refractivity contribution in [3.05, 3.63) is 35.3 Å².